The number of carbonyl (C=O) groups is 2. The molecule has 0 aliphatic carbocycles. The number of aromatic nitrogens is 1. The van der Waals surface area contributed by atoms with Crippen molar-refractivity contribution in [3.63, 3.8) is 0 Å². The number of hydrogen-bond acceptors (Lipinski definition) is 5. The number of nitrogens with one attached hydrogen (secondary N) is 1. The standard InChI is InChI=1S/C19H17N3O3S/c1-25-16-9-5-4-8-15(16)22-19(24)13-10-18(26-11-17(20)23)21-14-7-3-2-6-12(13)14/h2-10H,11H2,1H3,(H2,20,23)(H,22,24). The number of amides is 2. The van der Waals surface area contributed by atoms with Gasteiger partial charge in [0, 0.05) is 5.39 Å². The van der Waals surface area contributed by atoms with Gasteiger partial charge in [0.15, 0.2) is 0 Å². The van der Waals surface area contributed by atoms with Gasteiger partial charge in [-0.15, -0.1) is 0 Å². The quantitative estimate of drug-likeness (QED) is 0.653. The molecule has 0 spiro atoms. The molecule has 0 aliphatic heterocycles. The van der Waals surface area contributed by atoms with Crippen LogP contribution in [-0.4, -0.2) is 29.7 Å². The van der Waals surface area contributed by atoms with E-state index in [1.807, 2.05) is 36.4 Å². The van der Waals surface area contributed by atoms with Crippen LogP contribution in [-0.2, 0) is 4.79 Å². The molecular formula is C19H17N3O3S. The van der Waals surface area contributed by atoms with Gasteiger partial charge in [0.05, 0.1) is 34.7 Å². The zero-order valence-corrected chi connectivity index (χ0v) is 14.9. The maximum absolute atomic E-state index is 12.9. The number of benzene rings is 2. The summed E-state index contributed by atoms with van der Waals surface area (Å²) in [5, 5.41) is 4.16. The number of carbonyl (C=O) groups excluding carboxylic acids is 2. The average Bonchev–Trinajstić information content (AvgIpc) is 2.66. The molecule has 1 aromatic heterocycles. The molecule has 0 aliphatic rings. The molecule has 7 heteroatoms. The van der Waals surface area contributed by atoms with Gasteiger partial charge < -0.3 is 15.8 Å². The maximum atomic E-state index is 12.9. The number of nitrogens with two attached hydrogens (primary N) is 1. The predicted molar refractivity (Wildman–Crippen MR) is 103 cm³/mol. The number of fused-ring (bicyclic) bond motifs is 1. The zero-order valence-electron chi connectivity index (χ0n) is 14.1. The summed E-state index contributed by atoms with van der Waals surface area (Å²) in [7, 11) is 1.55. The third-order valence-electron chi connectivity index (χ3n) is 3.65. The van der Waals surface area contributed by atoms with Crippen LogP contribution in [0.2, 0.25) is 0 Å². The fourth-order valence-electron chi connectivity index (χ4n) is 2.50. The van der Waals surface area contributed by atoms with E-state index in [9.17, 15) is 9.59 Å². The normalized spacial score (nSPS) is 10.5. The summed E-state index contributed by atoms with van der Waals surface area (Å²) < 4.78 is 5.28. The van der Waals surface area contributed by atoms with Crippen molar-refractivity contribution >= 4 is 40.2 Å². The molecule has 0 unspecified atom stereocenters. The Labute approximate surface area is 154 Å². The molecule has 3 rings (SSSR count). The number of hydrogen-bond donors (Lipinski definition) is 2. The van der Waals surface area contributed by atoms with Gasteiger partial charge in [-0.2, -0.15) is 0 Å². The Balaban J connectivity index is 1.99. The molecule has 0 atom stereocenters. The van der Waals surface area contributed by atoms with Gasteiger partial charge in [-0.05, 0) is 24.3 Å². The Morgan fingerprint density at radius 1 is 1.15 bits per heavy atom. The largest absolute Gasteiger partial charge is 0.495 e. The molecule has 0 bridgehead atoms. The third-order valence-corrected chi connectivity index (χ3v) is 4.59. The van der Waals surface area contributed by atoms with Crippen LogP contribution in [0.15, 0.2) is 59.6 Å². The van der Waals surface area contributed by atoms with Crippen molar-refractivity contribution in [1.82, 2.24) is 4.98 Å². The zero-order chi connectivity index (χ0) is 18.5. The first-order valence-corrected chi connectivity index (χ1v) is 8.82. The van der Waals surface area contributed by atoms with Crippen molar-refractivity contribution in [2.24, 2.45) is 5.73 Å². The van der Waals surface area contributed by atoms with Gasteiger partial charge in [-0.3, -0.25) is 9.59 Å². The van der Waals surface area contributed by atoms with E-state index >= 15 is 0 Å². The monoisotopic (exact) mass is 367 g/mol. The van der Waals surface area contributed by atoms with Crippen molar-refractivity contribution in [3.05, 3.63) is 60.2 Å². The van der Waals surface area contributed by atoms with Gasteiger partial charge in [0.1, 0.15) is 5.75 Å². The molecular weight excluding hydrogens is 350 g/mol. The first kappa shape index (κ1) is 17.8. The summed E-state index contributed by atoms with van der Waals surface area (Å²) in [5.41, 5.74) is 6.92. The average molecular weight is 367 g/mol. The van der Waals surface area contributed by atoms with Crippen LogP contribution >= 0.6 is 11.8 Å². The van der Waals surface area contributed by atoms with Crippen LogP contribution in [0.3, 0.4) is 0 Å². The Kier molecular flexibility index (Phi) is 5.38. The Morgan fingerprint density at radius 3 is 2.65 bits per heavy atom. The van der Waals surface area contributed by atoms with E-state index in [2.05, 4.69) is 10.3 Å². The number of rotatable bonds is 6. The van der Waals surface area contributed by atoms with E-state index in [1.54, 1.807) is 25.3 Å². The molecule has 26 heavy (non-hydrogen) atoms. The number of nitrogens with zero attached hydrogens (tertiary/aromatic N) is 1. The lowest BCUT2D eigenvalue weighted by Gasteiger charge is -2.12. The Bertz CT molecular complexity index is 975. The van der Waals surface area contributed by atoms with E-state index in [1.165, 1.54) is 11.8 Å². The summed E-state index contributed by atoms with van der Waals surface area (Å²) in [6.07, 6.45) is 0. The van der Waals surface area contributed by atoms with Crippen LogP contribution in [0.1, 0.15) is 10.4 Å². The minimum absolute atomic E-state index is 0.0961. The molecule has 1 heterocycles. The van der Waals surface area contributed by atoms with E-state index < -0.39 is 5.91 Å². The highest BCUT2D eigenvalue weighted by atomic mass is 32.2. The minimum Gasteiger partial charge on any atom is -0.495 e. The lowest BCUT2D eigenvalue weighted by atomic mass is 10.1. The minimum atomic E-state index is -0.440. The molecule has 0 fully saturated rings. The molecule has 6 nitrogen and oxygen atoms in total. The summed E-state index contributed by atoms with van der Waals surface area (Å²) in [6, 6.07) is 16.2. The summed E-state index contributed by atoms with van der Waals surface area (Å²) in [6.45, 7) is 0. The molecule has 2 amide bonds. The van der Waals surface area contributed by atoms with Crippen LogP contribution < -0.4 is 15.8 Å². The highest BCUT2D eigenvalue weighted by Crippen LogP contribution is 2.27. The number of anilines is 1. The fraction of sp³-hybridized carbons (Fsp3) is 0.105. The second-order valence-corrected chi connectivity index (χ2v) is 6.43. The van der Waals surface area contributed by atoms with Crippen molar-refractivity contribution in [1.29, 1.82) is 0 Å². The molecule has 2 aromatic carbocycles. The molecule has 3 aromatic rings. The topological polar surface area (TPSA) is 94.3 Å². The van der Waals surface area contributed by atoms with Gasteiger partial charge in [-0.1, -0.05) is 42.1 Å². The van der Waals surface area contributed by atoms with Crippen molar-refractivity contribution in [3.8, 4) is 5.75 Å². The van der Waals surface area contributed by atoms with Gasteiger partial charge in [0.25, 0.3) is 5.91 Å². The Hall–Kier alpha value is -3.06. The predicted octanol–water partition coefficient (Wildman–Crippen LogP) is 3.07. The number of primary amides is 1. The molecule has 0 radical (unpaired) electrons. The lowest BCUT2D eigenvalue weighted by Crippen LogP contribution is -2.15. The van der Waals surface area contributed by atoms with E-state index in [4.69, 9.17) is 10.5 Å². The van der Waals surface area contributed by atoms with Gasteiger partial charge in [0.2, 0.25) is 5.91 Å². The summed E-state index contributed by atoms with van der Waals surface area (Å²) in [4.78, 5) is 28.4. The molecule has 3 N–H and O–H groups in total. The van der Waals surface area contributed by atoms with Crippen LogP contribution in [0.25, 0.3) is 10.9 Å². The number of methoxy groups -OCH3 is 1. The highest BCUT2D eigenvalue weighted by molar-refractivity contribution is 7.99. The highest BCUT2D eigenvalue weighted by Gasteiger charge is 2.15. The first-order chi connectivity index (χ1) is 12.6. The fourth-order valence-corrected chi connectivity index (χ4v) is 3.15. The van der Waals surface area contributed by atoms with Gasteiger partial charge in [-0.25, -0.2) is 4.98 Å². The van der Waals surface area contributed by atoms with Crippen molar-refractivity contribution < 1.29 is 14.3 Å². The van der Waals surface area contributed by atoms with E-state index in [0.29, 0.717) is 27.5 Å². The van der Waals surface area contributed by atoms with E-state index in [-0.39, 0.29) is 11.7 Å². The Morgan fingerprint density at radius 2 is 1.88 bits per heavy atom. The maximum Gasteiger partial charge on any atom is 0.256 e. The van der Waals surface area contributed by atoms with Crippen LogP contribution in [0.4, 0.5) is 5.69 Å². The summed E-state index contributed by atoms with van der Waals surface area (Å²) in [5.74, 6) is -0.0552. The van der Waals surface area contributed by atoms with Crippen LogP contribution in [0.5, 0.6) is 5.75 Å². The molecule has 132 valence electrons. The number of ether oxygens (including phenoxy) is 1. The van der Waals surface area contributed by atoms with Crippen LogP contribution in [0, 0.1) is 0 Å². The SMILES string of the molecule is COc1ccccc1NC(=O)c1cc(SCC(N)=O)nc2ccccc12. The number of thioether (sulfide) groups is 1. The van der Waals surface area contributed by atoms with E-state index in [0.717, 1.165) is 5.39 Å². The van der Waals surface area contributed by atoms with Crippen molar-refractivity contribution in [2.75, 3.05) is 18.2 Å². The summed E-state index contributed by atoms with van der Waals surface area (Å²) >= 11 is 1.20. The number of pyridine rings is 1. The van der Waals surface area contributed by atoms with Crippen molar-refractivity contribution in [2.45, 2.75) is 5.03 Å². The molecule has 0 saturated carbocycles. The second kappa shape index (κ2) is 7.88. The van der Waals surface area contributed by atoms with Gasteiger partial charge >= 0.3 is 0 Å². The smallest absolute Gasteiger partial charge is 0.256 e. The third kappa shape index (κ3) is 3.94. The number of para-hydroxylation sites is 3. The lowest BCUT2D eigenvalue weighted by molar-refractivity contribution is -0.115. The first-order valence-electron chi connectivity index (χ1n) is 7.83. The molecule has 0 saturated heterocycles. The second-order valence-electron chi connectivity index (χ2n) is 5.43.